The maximum atomic E-state index is 13.8. The summed E-state index contributed by atoms with van der Waals surface area (Å²) in [5, 5.41) is 7.99. The predicted molar refractivity (Wildman–Crippen MR) is 129 cm³/mol. The molecule has 1 aromatic heterocycles. The number of ether oxygens (including phenoxy) is 1. The van der Waals surface area contributed by atoms with Crippen molar-refractivity contribution in [2.45, 2.75) is 77.4 Å². The van der Waals surface area contributed by atoms with Gasteiger partial charge in [0.1, 0.15) is 11.2 Å². The van der Waals surface area contributed by atoms with Gasteiger partial charge in [-0.3, -0.25) is 19.2 Å². The molecule has 1 N–H and O–H groups in total. The van der Waals surface area contributed by atoms with Crippen LogP contribution in [0, 0.1) is 6.92 Å². The lowest BCUT2D eigenvalue weighted by Gasteiger charge is -2.44. The van der Waals surface area contributed by atoms with E-state index in [9.17, 15) is 14.4 Å². The van der Waals surface area contributed by atoms with Crippen molar-refractivity contribution in [3.8, 4) is 0 Å². The Morgan fingerprint density at radius 3 is 2.59 bits per heavy atom. The van der Waals surface area contributed by atoms with E-state index in [1.165, 1.54) is 28.5 Å². The number of rotatable bonds is 5. The summed E-state index contributed by atoms with van der Waals surface area (Å²) in [6.45, 7) is 5.62. The van der Waals surface area contributed by atoms with Crippen molar-refractivity contribution in [3.63, 3.8) is 0 Å². The minimum atomic E-state index is -1.27. The van der Waals surface area contributed by atoms with Crippen molar-refractivity contribution in [2.75, 3.05) is 11.5 Å². The summed E-state index contributed by atoms with van der Waals surface area (Å²) in [6.07, 6.45) is 6.33. The second-order valence-electron chi connectivity index (χ2n) is 9.30. The number of aryl methyl sites for hydroxylation is 1. The molecule has 34 heavy (non-hydrogen) atoms. The topological polar surface area (TPSA) is 93.5 Å². The number of halogens is 1. The van der Waals surface area contributed by atoms with Crippen molar-refractivity contribution in [2.24, 2.45) is 0 Å². The van der Waals surface area contributed by atoms with E-state index >= 15 is 0 Å². The van der Waals surface area contributed by atoms with Gasteiger partial charge in [-0.15, -0.1) is 0 Å². The summed E-state index contributed by atoms with van der Waals surface area (Å²) in [5.74, 6) is -1.27. The van der Waals surface area contributed by atoms with Gasteiger partial charge in [0.25, 0.3) is 5.91 Å². The Hall–Kier alpha value is -2.87. The zero-order valence-corrected chi connectivity index (χ0v) is 20.7. The molecule has 8 nitrogen and oxygen atoms in total. The van der Waals surface area contributed by atoms with Gasteiger partial charge < -0.3 is 10.1 Å². The summed E-state index contributed by atoms with van der Waals surface area (Å²) >= 11 is 6.29. The third-order valence-electron chi connectivity index (χ3n) is 6.73. The number of aromatic nitrogens is 2. The van der Waals surface area contributed by atoms with Crippen molar-refractivity contribution < 1.29 is 19.1 Å². The van der Waals surface area contributed by atoms with Gasteiger partial charge in [0.2, 0.25) is 5.91 Å². The number of esters is 1. The fraction of sp³-hybridized carbons (Fsp3) is 0.520. The van der Waals surface area contributed by atoms with Gasteiger partial charge in [0, 0.05) is 22.8 Å². The fourth-order valence-electron chi connectivity index (χ4n) is 4.85. The van der Waals surface area contributed by atoms with E-state index in [0.717, 1.165) is 31.2 Å². The molecular weight excluding hydrogens is 456 g/mol. The Morgan fingerprint density at radius 1 is 1.21 bits per heavy atom. The molecule has 0 bridgehead atoms. The van der Waals surface area contributed by atoms with Crippen LogP contribution in [0.3, 0.4) is 0 Å². The molecule has 4 rings (SSSR count). The average Bonchev–Trinajstić information content (AvgIpc) is 3.05. The average molecular weight is 487 g/mol. The molecule has 1 saturated carbocycles. The lowest BCUT2D eigenvalue weighted by molar-refractivity contribution is -0.127. The van der Waals surface area contributed by atoms with Crippen molar-refractivity contribution in [3.05, 3.63) is 46.2 Å². The minimum Gasteiger partial charge on any atom is -0.461 e. The largest absolute Gasteiger partial charge is 0.461 e. The quantitative estimate of drug-likeness (QED) is 0.503. The molecule has 1 fully saturated rings. The molecule has 9 heteroatoms. The zero-order chi connectivity index (χ0) is 24.5. The first-order chi connectivity index (χ1) is 16.2. The molecule has 0 saturated heterocycles. The molecule has 1 aliphatic heterocycles. The van der Waals surface area contributed by atoms with E-state index in [0.29, 0.717) is 10.7 Å². The Labute approximate surface area is 204 Å². The Balaban J connectivity index is 1.77. The molecule has 0 spiro atoms. The number of nitrogens with one attached hydrogen (secondary N) is 1. The third kappa shape index (κ3) is 4.56. The van der Waals surface area contributed by atoms with E-state index in [1.54, 1.807) is 26.0 Å². The predicted octanol–water partition coefficient (Wildman–Crippen LogP) is 4.28. The van der Waals surface area contributed by atoms with Crippen LogP contribution in [-0.2, 0) is 16.1 Å². The number of hydrogen-bond acceptors (Lipinski definition) is 5. The number of hydrogen-bond donors (Lipinski definition) is 1. The first kappa shape index (κ1) is 24.3. The summed E-state index contributed by atoms with van der Waals surface area (Å²) in [7, 11) is 0. The number of amides is 2. The SMILES string of the molecule is CCOC(=O)c1cc2n(n1)C[C@@](C)(C(=O)NC1CCCCCC1)N(c1cc(Cl)ccc1C)C2=O. The van der Waals surface area contributed by atoms with Gasteiger partial charge in [-0.2, -0.15) is 5.10 Å². The molecule has 2 aliphatic rings. The normalized spacial score (nSPS) is 21.1. The van der Waals surface area contributed by atoms with E-state index in [-0.39, 0.29) is 36.5 Å². The highest BCUT2D eigenvalue weighted by molar-refractivity contribution is 6.31. The first-order valence-corrected chi connectivity index (χ1v) is 12.3. The van der Waals surface area contributed by atoms with E-state index in [4.69, 9.17) is 16.3 Å². The first-order valence-electron chi connectivity index (χ1n) is 11.9. The monoisotopic (exact) mass is 486 g/mol. The highest BCUT2D eigenvalue weighted by atomic mass is 35.5. The smallest absolute Gasteiger partial charge is 0.358 e. The van der Waals surface area contributed by atoms with Crippen molar-refractivity contribution in [1.82, 2.24) is 15.1 Å². The Morgan fingerprint density at radius 2 is 1.91 bits per heavy atom. The van der Waals surface area contributed by atoms with Gasteiger partial charge in [-0.25, -0.2) is 4.79 Å². The lowest BCUT2D eigenvalue weighted by Crippen LogP contribution is -2.65. The third-order valence-corrected chi connectivity index (χ3v) is 6.96. The molecule has 2 heterocycles. The van der Waals surface area contributed by atoms with E-state index in [2.05, 4.69) is 10.4 Å². The highest BCUT2D eigenvalue weighted by Gasteiger charge is 2.50. The van der Waals surface area contributed by atoms with Crippen LogP contribution >= 0.6 is 11.6 Å². The van der Waals surface area contributed by atoms with Crippen molar-refractivity contribution in [1.29, 1.82) is 0 Å². The van der Waals surface area contributed by atoms with Crippen LogP contribution in [0.1, 0.15) is 78.9 Å². The van der Waals surface area contributed by atoms with Gasteiger partial charge in [-0.1, -0.05) is 43.4 Å². The molecule has 1 aliphatic carbocycles. The highest BCUT2D eigenvalue weighted by Crippen LogP contribution is 2.36. The van der Waals surface area contributed by atoms with Crippen LogP contribution < -0.4 is 10.2 Å². The lowest BCUT2D eigenvalue weighted by atomic mass is 9.92. The summed E-state index contributed by atoms with van der Waals surface area (Å²) in [4.78, 5) is 41.4. The number of carbonyl (C=O) groups excluding carboxylic acids is 3. The van der Waals surface area contributed by atoms with Gasteiger partial charge >= 0.3 is 5.97 Å². The van der Waals surface area contributed by atoms with Gasteiger partial charge in [0.05, 0.1) is 13.2 Å². The van der Waals surface area contributed by atoms with E-state index in [1.807, 2.05) is 13.0 Å². The standard InChI is InChI=1S/C25H31ClN4O4/c1-4-34-23(32)19-14-21-22(31)30(20-13-17(26)12-11-16(20)2)25(3,15-29(21)28-19)24(33)27-18-9-7-5-6-8-10-18/h11-14,18H,4-10,15H2,1-3H3,(H,27,33)/t25-/m0/s1. The maximum Gasteiger partial charge on any atom is 0.358 e. The van der Waals surface area contributed by atoms with Crippen LogP contribution in [-0.4, -0.2) is 45.8 Å². The number of carbonyl (C=O) groups is 3. The second-order valence-corrected chi connectivity index (χ2v) is 9.74. The molecule has 0 unspecified atom stereocenters. The minimum absolute atomic E-state index is 0.0430. The van der Waals surface area contributed by atoms with Crippen LogP contribution in [0.2, 0.25) is 5.02 Å². The fourth-order valence-corrected chi connectivity index (χ4v) is 5.02. The second kappa shape index (κ2) is 9.78. The number of fused-ring (bicyclic) bond motifs is 1. The number of benzene rings is 1. The Kier molecular flexibility index (Phi) is 6.98. The van der Waals surface area contributed by atoms with Gasteiger partial charge in [0.15, 0.2) is 5.69 Å². The maximum absolute atomic E-state index is 13.8. The zero-order valence-electron chi connectivity index (χ0n) is 19.9. The van der Waals surface area contributed by atoms with Crippen LogP contribution in [0.25, 0.3) is 0 Å². The van der Waals surface area contributed by atoms with Gasteiger partial charge in [-0.05, 0) is 51.3 Å². The molecule has 1 aromatic carbocycles. The van der Waals surface area contributed by atoms with Crippen LogP contribution in [0.5, 0.6) is 0 Å². The van der Waals surface area contributed by atoms with Crippen LogP contribution in [0.4, 0.5) is 5.69 Å². The van der Waals surface area contributed by atoms with Crippen LogP contribution in [0.15, 0.2) is 24.3 Å². The summed E-state index contributed by atoms with van der Waals surface area (Å²) in [6, 6.07) is 6.77. The molecule has 0 radical (unpaired) electrons. The van der Waals surface area contributed by atoms with Crippen molar-refractivity contribution >= 4 is 35.1 Å². The molecule has 2 aromatic rings. The number of anilines is 1. The molecular formula is C25H31ClN4O4. The Bertz CT molecular complexity index is 1110. The molecule has 182 valence electrons. The van der Waals surface area contributed by atoms with E-state index < -0.39 is 17.4 Å². The summed E-state index contributed by atoms with van der Waals surface area (Å²) < 4.78 is 6.50. The number of nitrogens with zero attached hydrogens (tertiary/aromatic N) is 3. The molecule has 1 atom stereocenters. The summed E-state index contributed by atoms with van der Waals surface area (Å²) in [5.41, 5.74) is 0.360. The molecule has 2 amide bonds.